The van der Waals surface area contributed by atoms with Gasteiger partial charge in [0.25, 0.3) is 0 Å². The lowest BCUT2D eigenvalue weighted by Crippen LogP contribution is -2.20. The molecular formula is C27H17ClF6N6O6S2-2. The molecule has 0 fully saturated rings. The van der Waals surface area contributed by atoms with E-state index in [4.69, 9.17) is 21.1 Å². The highest BCUT2D eigenvalue weighted by atomic mass is 35.5. The van der Waals surface area contributed by atoms with Gasteiger partial charge in [0.05, 0.1) is 13.2 Å². The number of nitrogens with zero attached hydrogens (tertiary/aromatic N) is 6. The van der Waals surface area contributed by atoms with Gasteiger partial charge >= 0.3 is 24.3 Å². The fraction of sp³-hybridized carbons (Fsp3) is 0.259. The molecule has 0 radical (unpaired) electrons. The van der Waals surface area contributed by atoms with Crippen molar-refractivity contribution in [1.82, 2.24) is 29.5 Å². The molecule has 0 aliphatic rings. The van der Waals surface area contributed by atoms with Crippen molar-refractivity contribution in [3.8, 4) is 22.0 Å². The number of hydrogen-bond donors (Lipinski definition) is 0. The van der Waals surface area contributed by atoms with Crippen molar-refractivity contribution in [2.75, 3.05) is 13.2 Å². The molecule has 5 rings (SSSR count). The van der Waals surface area contributed by atoms with Crippen LogP contribution in [0.3, 0.4) is 0 Å². The van der Waals surface area contributed by atoms with Crippen LogP contribution in [0.4, 0.5) is 26.3 Å². The Labute approximate surface area is 277 Å². The number of carbonyl (C=O) groups excluding carboxylic acids is 2. The van der Waals surface area contributed by atoms with Gasteiger partial charge < -0.3 is 19.7 Å². The third-order valence-corrected chi connectivity index (χ3v) is 8.28. The van der Waals surface area contributed by atoms with Crippen LogP contribution in [0.5, 0.6) is 11.8 Å². The Hall–Kier alpha value is -4.69. The fourth-order valence-electron chi connectivity index (χ4n) is 4.55. The molecule has 0 aliphatic heterocycles. The van der Waals surface area contributed by atoms with E-state index in [1.165, 1.54) is 13.8 Å². The summed E-state index contributed by atoms with van der Waals surface area (Å²) in [6, 6.07) is 4.33. The van der Waals surface area contributed by atoms with Crippen molar-refractivity contribution in [2.24, 2.45) is 0 Å². The quantitative estimate of drug-likeness (QED) is 0.143. The average molecular weight is 735 g/mol. The molecular weight excluding hydrogens is 718 g/mol. The van der Waals surface area contributed by atoms with Crippen LogP contribution < -0.4 is 10.2 Å². The van der Waals surface area contributed by atoms with Gasteiger partial charge in [-0.3, -0.25) is 0 Å². The summed E-state index contributed by atoms with van der Waals surface area (Å²) in [5.41, 5.74) is -7.71. The molecule has 0 N–H and O–H groups in total. The first-order chi connectivity index (χ1) is 22.6. The van der Waals surface area contributed by atoms with Gasteiger partial charge in [-0.1, -0.05) is 23.7 Å². The molecule has 12 nitrogen and oxygen atoms in total. The second-order valence-electron chi connectivity index (χ2n) is 9.41. The highest BCUT2D eigenvalue weighted by Crippen LogP contribution is 2.50. The smallest absolute Gasteiger partial charge is 0.435 e. The summed E-state index contributed by atoms with van der Waals surface area (Å²) < 4.78 is 98.3. The van der Waals surface area contributed by atoms with Crippen molar-refractivity contribution >= 4 is 46.2 Å². The lowest BCUT2D eigenvalue weighted by atomic mass is 9.84. The van der Waals surface area contributed by atoms with E-state index in [0.29, 0.717) is 22.7 Å². The highest BCUT2D eigenvalue weighted by Gasteiger charge is 2.46. The predicted molar refractivity (Wildman–Crippen MR) is 152 cm³/mol. The Morgan fingerprint density at radius 2 is 1.35 bits per heavy atom. The SMILES string of the molecule is CCOC(=O)c1csc(-n2nc(C(F)(F)F)c(C(c3ccc(Cl)cc3)c3c([O-])nn(-c4nc(C(=O)OCC)cs4)c3C(F)(F)F)c2[O-])n1. The predicted octanol–water partition coefficient (Wildman–Crippen LogP) is 5.34. The van der Waals surface area contributed by atoms with Gasteiger partial charge in [-0.05, 0) is 37.4 Å². The summed E-state index contributed by atoms with van der Waals surface area (Å²) in [6.45, 7) is 2.81. The number of rotatable bonds is 9. The first kappa shape index (κ1) is 34.6. The zero-order chi connectivity index (χ0) is 35.1. The molecule has 1 atom stereocenters. The zero-order valence-corrected chi connectivity index (χ0v) is 26.4. The Balaban J connectivity index is 1.81. The van der Waals surface area contributed by atoms with E-state index in [1.54, 1.807) is 0 Å². The van der Waals surface area contributed by atoms with Crippen LogP contribution in [0.1, 0.15) is 68.8 Å². The number of aromatic nitrogens is 6. The average Bonchev–Trinajstić information content (AvgIpc) is 3.80. The normalized spacial score (nSPS) is 12.7. The molecule has 4 heterocycles. The Kier molecular flexibility index (Phi) is 9.44. The number of thiazole rings is 2. The van der Waals surface area contributed by atoms with E-state index < -0.39 is 80.4 Å². The van der Waals surface area contributed by atoms with Crippen molar-refractivity contribution < 1.29 is 55.6 Å². The van der Waals surface area contributed by atoms with Crippen LogP contribution in [0.15, 0.2) is 35.0 Å². The lowest BCUT2D eigenvalue weighted by Gasteiger charge is -2.25. The van der Waals surface area contributed by atoms with E-state index in [0.717, 1.165) is 35.0 Å². The summed E-state index contributed by atoms with van der Waals surface area (Å²) in [5.74, 6) is -7.58. The number of benzene rings is 1. The van der Waals surface area contributed by atoms with Crippen LogP contribution in [0, 0.1) is 0 Å². The topological polar surface area (TPSA) is 160 Å². The molecule has 0 amide bonds. The van der Waals surface area contributed by atoms with Crippen LogP contribution in [0.2, 0.25) is 5.02 Å². The minimum absolute atomic E-state index is 0.0317. The second-order valence-corrected chi connectivity index (χ2v) is 11.5. The minimum atomic E-state index is -5.48. The van der Waals surface area contributed by atoms with E-state index in [2.05, 4.69) is 20.2 Å². The molecule has 48 heavy (non-hydrogen) atoms. The Morgan fingerprint density at radius 1 is 0.833 bits per heavy atom. The van der Waals surface area contributed by atoms with Crippen LogP contribution >= 0.6 is 34.3 Å². The molecule has 5 aromatic rings. The van der Waals surface area contributed by atoms with Gasteiger partial charge in [0, 0.05) is 38.7 Å². The number of hydrogen-bond acceptors (Lipinski definition) is 12. The first-order valence-corrected chi connectivity index (χ1v) is 15.5. The second kappa shape index (κ2) is 13.1. The van der Waals surface area contributed by atoms with Gasteiger partial charge in [0.1, 0.15) is 0 Å². The lowest BCUT2D eigenvalue weighted by molar-refractivity contribution is -0.279. The monoisotopic (exact) mass is 734 g/mol. The molecule has 254 valence electrons. The number of alkyl halides is 6. The van der Waals surface area contributed by atoms with Crippen molar-refractivity contribution in [2.45, 2.75) is 32.1 Å². The van der Waals surface area contributed by atoms with E-state index >= 15 is 0 Å². The summed E-state index contributed by atoms with van der Waals surface area (Å²) in [4.78, 5) is 31.8. The molecule has 0 saturated carbocycles. The standard InChI is InChI=1S/C27H19ClF6N6O6S2/c1-3-45-22(43)13-9-47-24(35-13)39-19(27(32,33)34)17(20(41)38-39)15(11-5-7-12(28)8-6-11)16-18(26(29,30)31)37-40(21(16)42)25-36-14(10-48-25)23(44)46-4-2/h5-10,15,42H,3-4H2,1-2H3,(H,38,41)/p-2. The van der Waals surface area contributed by atoms with E-state index in [9.17, 15) is 46.1 Å². The summed E-state index contributed by atoms with van der Waals surface area (Å²) >= 11 is 6.94. The number of esters is 2. The molecule has 0 spiro atoms. The van der Waals surface area contributed by atoms with Gasteiger partial charge in [-0.15, -0.1) is 22.7 Å². The van der Waals surface area contributed by atoms with Crippen molar-refractivity contribution in [1.29, 1.82) is 0 Å². The third-order valence-electron chi connectivity index (χ3n) is 6.40. The largest absolute Gasteiger partial charge is 0.858 e. The van der Waals surface area contributed by atoms with Crippen LogP contribution in [0.25, 0.3) is 10.3 Å². The van der Waals surface area contributed by atoms with Gasteiger partial charge in [0.2, 0.25) is 10.3 Å². The summed E-state index contributed by atoms with van der Waals surface area (Å²) in [6.07, 6.45) is -10.9. The first-order valence-electron chi connectivity index (χ1n) is 13.3. The van der Waals surface area contributed by atoms with E-state index in [1.807, 2.05) is 0 Å². The van der Waals surface area contributed by atoms with Gasteiger partial charge in [-0.25, -0.2) is 28.9 Å². The van der Waals surface area contributed by atoms with Crippen LogP contribution in [-0.4, -0.2) is 54.7 Å². The molecule has 0 saturated heterocycles. The maximum absolute atomic E-state index is 14.9. The Bertz CT molecular complexity index is 1980. The molecule has 1 unspecified atom stereocenters. The molecule has 0 bridgehead atoms. The fourth-order valence-corrected chi connectivity index (χ4v) is 6.16. The number of ether oxygens (including phenoxy) is 2. The summed E-state index contributed by atoms with van der Waals surface area (Å²) in [5, 5.41) is 35.0. The molecule has 1 aromatic carbocycles. The van der Waals surface area contributed by atoms with Crippen molar-refractivity contribution in [3.63, 3.8) is 0 Å². The van der Waals surface area contributed by atoms with Gasteiger partial charge in [0.15, 0.2) is 22.8 Å². The number of halogens is 7. The number of carbonyl (C=O) groups is 2. The summed E-state index contributed by atoms with van der Waals surface area (Å²) in [7, 11) is 0. The molecule has 21 heteroatoms. The van der Waals surface area contributed by atoms with Crippen LogP contribution in [-0.2, 0) is 21.8 Å². The minimum Gasteiger partial charge on any atom is -0.858 e. The van der Waals surface area contributed by atoms with Crippen molar-refractivity contribution in [3.05, 3.63) is 79.5 Å². The Morgan fingerprint density at radius 3 is 1.83 bits per heavy atom. The maximum atomic E-state index is 14.9. The maximum Gasteiger partial charge on any atom is 0.435 e. The van der Waals surface area contributed by atoms with E-state index in [-0.39, 0.29) is 38.9 Å². The molecule has 4 aromatic heterocycles. The highest BCUT2D eigenvalue weighted by molar-refractivity contribution is 7.12. The van der Waals surface area contributed by atoms with Gasteiger partial charge in [-0.2, -0.15) is 36.5 Å². The zero-order valence-electron chi connectivity index (χ0n) is 24.1. The molecule has 0 aliphatic carbocycles. The third kappa shape index (κ3) is 6.54.